The predicted molar refractivity (Wildman–Crippen MR) is 118 cm³/mol. The zero-order chi connectivity index (χ0) is 21.3. The van der Waals surface area contributed by atoms with Crippen molar-refractivity contribution in [3.63, 3.8) is 0 Å². The summed E-state index contributed by atoms with van der Waals surface area (Å²) in [6, 6.07) is 0.0985. The van der Waals surface area contributed by atoms with Crippen LogP contribution in [0.25, 0.3) is 22.6 Å². The first kappa shape index (κ1) is 19.2. The molecule has 0 saturated carbocycles. The third kappa shape index (κ3) is 2.69. The van der Waals surface area contributed by atoms with E-state index in [9.17, 15) is 0 Å². The molecule has 0 amide bonds. The molecule has 6 heterocycles. The molecule has 162 valence electrons. The van der Waals surface area contributed by atoms with Crippen molar-refractivity contribution in [2.24, 2.45) is 17.5 Å². The van der Waals surface area contributed by atoms with Crippen LogP contribution in [0.1, 0.15) is 19.5 Å². The minimum atomic E-state index is -0.227. The number of morpholine rings is 1. The smallest absolute Gasteiger partial charge is 0.206 e. The Labute approximate surface area is 184 Å². The molecule has 3 aromatic rings. The van der Waals surface area contributed by atoms with Gasteiger partial charge >= 0.3 is 0 Å². The Morgan fingerprint density at radius 1 is 1.32 bits per heavy atom. The standard InChI is InChI=1S/C21H24ClN7O2/c1-11-7-29-17-13(6-21(8-23-10-24-9-21)19(29)12(2)30-11)26-15-16(20-25-4-5-28(20)3)27-31-18(15)14(17)22/h4-5,8,11-12,19,24H,6-7,9-10H2,1-3H3/t11-,12+,19-,21?/m1/s1. The average Bonchev–Trinajstić information content (AvgIpc) is 3.33. The van der Waals surface area contributed by atoms with Crippen LogP contribution >= 0.6 is 11.6 Å². The number of aryl methyl sites for hydroxylation is 1. The fourth-order valence-corrected chi connectivity index (χ4v) is 5.92. The van der Waals surface area contributed by atoms with Crippen LogP contribution in [0.3, 0.4) is 0 Å². The summed E-state index contributed by atoms with van der Waals surface area (Å²) in [5.74, 6) is 0.695. The Morgan fingerprint density at radius 2 is 2.19 bits per heavy atom. The highest BCUT2D eigenvalue weighted by molar-refractivity contribution is 6.38. The average molecular weight is 442 g/mol. The summed E-state index contributed by atoms with van der Waals surface area (Å²) in [6.07, 6.45) is 6.52. The molecule has 10 heteroatoms. The third-order valence-corrected chi connectivity index (χ3v) is 7.04. The number of imidazole rings is 1. The van der Waals surface area contributed by atoms with Crippen molar-refractivity contribution in [2.45, 2.75) is 38.5 Å². The Kier molecular flexibility index (Phi) is 4.19. The van der Waals surface area contributed by atoms with Crippen LogP contribution in [0.2, 0.25) is 5.02 Å². The molecule has 0 radical (unpaired) electrons. The van der Waals surface area contributed by atoms with Gasteiger partial charge in [0.25, 0.3) is 0 Å². The number of hydrogen-bond donors (Lipinski definition) is 1. The number of ether oxygens (including phenoxy) is 1. The van der Waals surface area contributed by atoms with Gasteiger partial charge in [-0.2, -0.15) is 0 Å². The lowest BCUT2D eigenvalue weighted by Gasteiger charge is -2.55. The molecule has 6 rings (SSSR count). The van der Waals surface area contributed by atoms with Crippen molar-refractivity contribution in [3.8, 4) is 11.5 Å². The Hall–Kier alpha value is -2.49. The molecule has 1 saturated heterocycles. The van der Waals surface area contributed by atoms with E-state index in [0.29, 0.717) is 40.7 Å². The number of aromatic nitrogens is 4. The Morgan fingerprint density at radius 3 is 2.94 bits per heavy atom. The zero-order valence-electron chi connectivity index (χ0n) is 17.7. The summed E-state index contributed by atoms with van der Waals surface area (Å²) in [7, 11) is 1.92. The van der Waals surface area contributed by atoms with Crippen molar-refractivity contribution < 1.29 is 9.26 Å². The van der Waals surface area contributed by atoms with Gasteiger partial charge in [-0.3, -0.25) is 10.3 Å². The van der Waals surface area contributed by atoms with Gasteiger partial charge in [0, 0.05) is 50.6 Å². The molecule has 0 aliphatic carbocycles. The molecule has 1 N–H and O–H groups in total. The minimum absolute atomic E-state index is 0.0212. The monoisotopic (exact) mass is 441 g/mol. The number of fused-ring (bicyclic) bond motifs is 5. The van der Waals surface area contributed by atoms with Crippen LogP contribution in [0.4, 0.5) is 5.69 Å². The molecule has 3 aliphatic rings. The van der Waals surface area contributed by atoms with Crippen LogP contribution in [-0.4, -0.2) is 63.9 Å². The van der Waals surface area contributed by atoms with Crippen molar-refractivity contribution in [1.29, 1.82) is 0 Å². The lowest BCUT2D eigenvalue weighted by Crippen LogP contribution is -2.67. The molecule has 0 aromatic carbocycles. The van der Waals surface area contributed by atoms with Gasteiger partial charge in [0.2, 0.25) is 5.58 Å². The summed E-state index contributed by atoms with van der Waals surface area (Å²) in [6.45, 7) is 6.40. The summed E-state index contributed by atoms with van der Waals surface area (Å²) in [4.78, 5) is 16.4. The van der Waals surface area contributed by atoms with Gasteiger partial charge in [-0.05, 0) is 13.8 Å². The molecule has 4 atom stereocenters. The highest BCUT2D eigenvalue weighted by atomic mass is 35.5. The predicted octanol–water partition coefficient (Wildman–Crippen LogP) is 2.43. The second-order valence-electron chi connectivity index (χ2n) is 8.85. The second-order valence-corrected chi connectivity index (χ2v) is 9.23. The first-order valence-corrected chi connectivity index (χ1v) is 11.0. The van der Waals surface area contributed by atoms with Gasteiger partial charge < -0.3 is 18.7 Å². The lowest BCUT2D eigenvalue weighted by atomic mass is 9.70. The van der Waals surface area contributed by atoms with Crippen LogP contribution in [0.15, 0.2) is 21.9 Å². The lowest BCUT2D eigenvalue weighted by molar-refractivity contribution is -0.0522. The molecule has 1 spiro atoms. The number of nitrogens with one attached hydrogen (secondary N) is 1. The molecule has 9 nitrogen and oxygen atoms in total. The van der Waals surface area contributed by atoms with E-state index in [1.807, 2.05) is 17.8 Å². The highest BCUT2D eigenvalue weighted by Gasteiger charge is 2.53. The SMILES string of the molecule is C[C@@H]1CN2c3c(nc4c(-c5nccn5C)noc4c3Cl)CC3(C=NCNC3)[C@H]2[C@H](C)O1. The van der Waals surface area contributed by atoms with Gasteiger partial charge in [0.1, 0.15) is 10.5 Å². The Balaban J connectivity index is 1.59. The summed E-state index contributed by atoms with van der Waals surface area (Å²) in [5.41, 5.74) is 3.37. The maximum atomic E-state index is 6.98. The first-order valence-electron chi connectivity index (χ1n) is 10.6. The largest absolute Gasteiger partial charge is 0.372 e. The van der Waals surface area contributed by atoms with E-state index >= 15 is 0 Å². The van der Waals surface area contributed by atoms with E-state index in [0.717, 1.165) is 24.5 Å². The molecule has 0 bridgehead atoms. The maximum Gasteiger partial charge on any atom is 0.206 e. The molecule has 1 unspecified atom stereocenters. The van der Waals surface area contributed by atoms with E-state index in [1.54, 1.807) is 6.20 Å². The Bertz CT molecular complexity index is 1200. The van der Waals surface area contributed by atoms with Gasteiger partial charge in [-0.15, -0.1) is 0 Å². The molecule has 3 aromatic heterocycles. The van der Waals surface area contributed by atoms with Crippen LogP contribution in [-0.2, 0) is 18.2 Å². The highest BCUT2D eigenvalue weighted by Crippen LogP contribution is 2.49. The maximum absolute atomic E-state index is 6.98. The second kappa shape index (κ2) is 6.75. The number of pyridine rings is 1. The van der Waals surface area contributed by atoms with Gasteiger partial charge in [-0.1, -0.05) is 16.8 Å². The van der Waals surface area contributed by atoms with E-state index in [1.165, 1.54) is 0 Å². The zero-order valence-corrected chi connectivity index (χ0v) is 18.4. The van der Waals surface area contributed by atoms with E-state index in [-0.39, 0.29) is 23.7 Å². The van der Waals surface area contributed by atoms with Gasteiger partial charge in [0.05, 0.1) is 36.3 Å². The number of nitrogens with zero attached hydrogens (tertiary/aromatic N) is 6. The fourth-order valence-electron chi connectivity index (χ4n) is 5.58. The number of hydrogen-bond acceptors (Lipinski definition) is 8. The van der Waals surface area contributed by atoms with E-state index in [4.69, 9.17) is 25.8 Å². The van der Waals surface area contributed by atoms with Crippen LogP contribution < -0.4 is 10.2 Å². The number of aliphatic imine (C=N–C) groups is 1. The van der Waals surface area contributed by atoms with Crippen molar-refractivity contribution in [1.82, 2.24) is 25.0 Å². The first-order chi connectivity index (χ1) is 15.0. The molecular formula is C21H24ClN7O2. The molecule has 31 heavy (non-hydrogen) atoms. The summed E-state index contributed by atoms with van der Waals surface area (Å²) < 4.78 is 13.8. The van der Waals surface area contributed by atoms with E-state index in [2.05, 4.69) is 45.4 Å². The number of halogens is 1. The van der Waals surface area contributed by atoms with Crippen molar-refractivity contribution >= 4 is 34.6 Å². The van der Waals surface area contributed by atoms with Gasteiger partial charge in [0.15, 0.2) is 11.5 Å². The molecule has 1 fully saturated rings. The minimum Gasteiger partial charge on any atom is -0.372 e. The molecular weight excluding hydrogens is 418 g/mol. The van der Waals surface area contributed by atoms with Gasteiger partial charge in [-0.25, -0.2) is 9.97 Å². The van der Waals surface area contributed by atoms with Crippen LogP contribution in [0, 0.1) is 5.41 Å². The number of rotatable bonds is 1. The van der Waals surface area contributed by atoms with Crippen molar-refractivity contribution in [2.75, 3.05) is 24.7 Å². The van der Waals surface area contributed by atoms with Crippen LogP contribution in [0.5, 0.6) is 0 Å². The quantitative estimate of drug-likeness (QED) is 0.619. The fraction of sp³-hybridized carbons (Fsp3) is 0.524. The third-order valence-electron chi connectivity index (χ3n) is 6.69. The number of anilines is 1. The molecule has 3 aliphatic heterocycles. The normalized spacial score (nSPS) is 30.1. The topological polar surface area (TPSA) is 93.6 Å². The summed E-state index contributed by atoms with van der Waals surface area (Å²) >= 11 is 6.98. The summed E-state index contributed by atoms with van der Waals surface area (Å²) in [5, 5.41) is 8.28. The van der Waals surface area contributed by atoms with E-state index < -0.39 is 0 Å². The van der Waals surface area contributed by atoms with Crippen molar-refractivity contribution in [3.05, 3.63) is 23.1 Å².